The lowest BCUT2D eigenvalue weighted by Gasteiger charge is -2.21. The van der Waals surface area contributed by atoms with Crippen LogP contribution in [0.1, 0.15) is 22.3 Å². The van der Waals surface area contributed by atoms with Gasteiger partial charge in [0.2, 0.25) is 0 Å². The van der Waals surface area contributed by atoms with E-state index in [1.807, 2.05) is 55.7 Å². The third-order valence-electron chi connectivity index (χ3n) is 3.49. The summed E-state index contributed by atoms with van der Waals surface area (Å²) in [6.45, 7) is 2.58. The monoisotopic (exact) mass is 279 g/mol. The van der Waals surface area contributed by atoms with Gasteiger partial charge in [0.15, 0.2) is 5.84 Å². The zero-order valence-corrected chi connectivity index (χ0v) is 12.2. The van der Waals surface area contributed by atoms with E-state index in [4.69, 9.17) is 4.84 Å². The average Bonchev–Trinajstić information content (AvgIpc) is 2.53. The highest BCUT2D eigenvalue weighted by atomic mass is 16.6. The molecule has 2 aromatic carbocycles. The maximum atomic E-state index is 5.28. The van der Waals surface area contributed by atoms with Crippen LogP contribution < -0.4 is 0 Å². The van der Waals surface area contributed by atoms with E-state index in [0.29, 0.717) is 6.61 Å². The minimum absolute atomic E-state index is 0.509. The highest BCUT2D eigenvalue weighted by molar-refractivity contribution is 6.00. The second-order valence-corrected chi connectivity index (χ2v) is 4.97. The van der Waals surface area contributed by atoms with Gasteiger partial charge in [-0.05, 0) is 18.1 Å². The van der Waals surface area contributed by atoms with Gasteiger partial charge in [-0.2, -0.15) is 5.10 Å². The van der Waals surface area contributed by atoms with Crippen molar-refractivity contribution in [2.45, 2.75) is 13.5 Å². The van der Waals surface area contributed by atoms with Gasteiger partial charge >= 0.3 is 0 Å². The van der Waals surface area contributed by atoms with Crippen molar-refractivity contribution in [3.8, 4) is 0 Å². The molecule has 2 aromatic rings. The molecule has 1 heterocycles. The Balaban J connectivity index is 1.85. The summed E-state index contributed by atoms with van der Waals surface area (Å²) in [6.07, 6.45) is 1.84. The molecule has 4 heteroatoms. The van der Waals surface area contributed by atoms with E-state index >= 15 is 0 Å². The van der Waals surface area contributed by atoms with E-state index in [-0.39, 0.29) is 0 Å². The minimum atomic E-state index is 0.509. The number of fused-ring (bicyclic) bond motifs is 1. The van der Waals surface area contributed by atoms with E-state index in [1.165, 1.54) is 5.56 Å². The number of rotatable bonds is 2. The Morgan fingerprint density at radius 2 is 1.90 bits per heavy atom. The van der Waals surface area contributed by atoms with E-state index in [1.54, 1.807) is 5.01 Å². The molecule has 0 aromatic heterocycles. The third-order valence-corrected chi connectivity index (χ3v) is 3.49. The first-order valence-corrected chi connectivity index (χ1v) is 6.87. The predicted molar refractivity (Wildman–Crippen MR) is 84.3 cm³/mol. The van der Waals surface area contributed by atoms with E-state index in [0.717, 1.165) is 22.5 Å². The lowest BCUT2D eigenvalue weighted by atomic mass is 10.1. The Bertz CT molecular complexity index is 707. The molecule has 1 aliphatic rings. The van der Waals surface area contributed by atoms with Crippen LogP contribution in [0.25, 0.3) is 0 Å². The summed E-state index contributed by atoms with van der Waals surface area (Å²) >= 11 is 0. The summed E-state index contributed by atoms with van der Waals surface area (Å²) in [4.78, 5) is 5.28. The first-order valence-electron chi connectivity index (χ1n) is 6.87. The molecule has 0 bridgehead atoms. The highest BCUT2D eigenvalue weighted by Crippen LogP contribution is 2.18. The van der Waals surface area contributed by atoms with Crippen molar-refractivity contribution in [1.29, 1.82) is 0 Å². The summed E-state index contributed by atoms with van der Waals surface area (Å²) in [5.41, 5.74) is 4.47. The van der Waals surface area contributed by atoms with Crippen LogP contribution in [0.15, 0.2) is 58.8 Å². The number of benzene rings is 2. The minimum Gasteiger partial charge on any atom is -0.389 e. The van der Waals surface area contributed by atoms with Crippen LogP contribution in [0.2, 0.25) is 0 Å². The number of aryl methyl sites for hydroxylation is 1. The van der Waals surface area contributed by atoms with Crippen molar-refractivity contribution in [1.82, 2.24) is 5.01 Å². The zero-order valence-electron chi connectivity index (χ0n) is 12.2. The molecule has 0 atom stereocenters. The molecule has 0 saturated heterocycles. The lowest BCUT2D eigenvalue weighted by molar-refractivity contribution is 0.121. The second kappa shape index (κ2) is 5.79. The standard InChI is InChI=1S/C17H17N3O/c1-13-7-3-4-8-14(13)11-18-20(2)17-16-10-6-5-9-15(16)12-21-19-17/h3-11H,12H2,1-2H3/b18-11+. The van der Waals surface area contributed by atoms with E-state index < -0.39 is 0 Å². The lowest BCUT2D eigenvalue weighted by Crippen LogP contribution is -2.26. The Labute approximate surface area is 124 Å². The molecule has 0 spiro atoms. The van der Waals surface area contributed by atoms with Crippen molar-refractivity contribution < 1.29 is 4.84 Å². The van der Waals surface area contributed by atoms with Crippen LogP contribution in [0.5, 0.6) is 0 Å². The largest absolute Gasteiger partial charge is 0.389 e. The van der Waals surface area contributed by atoms with Gasteiger partial charge in [-0.3, -0.25) is 0 Å². The SMILES string of the molecule is Cc1ccccc1/C=N/N(C)C1=NOCc2ccccc21. The molecule has 0 fully saturated rings. The molecule has 0 saturated carbocycles. The van der Waals surface area contributed by atoms with Crippen molar-refractivity contribution in [2.75, 3.05) is 7.05 Å². The topological polar surface area (TPSA) is 37.2 Å². The number of amidine groups is 1. The quantitative estimate of drug-likeness (QED) is 0.625. The fraction of sp³-hybridized carbons (Fsp3) is 0.176. The van der Waals surface area contributed by atoms with Gasteiger partial charge in [0.05, 0.1) is 6.21 Å². The van der Waals surface area contributed by atoms with Gasteiger partial charge in [-0.15, -0.1) is 0 Å². The molecule has 0 unspecified atom stereocenters. The van der Waals surface area contributed by atoms with Gasteiger partial charge in [-0.25, -0.2) is 5.01 Å². The second-order valence-electron chi connectivity index (χ2n) is 4.97. The first-order chi connectivity index (χ1) is 10.3. The van der Waals surface area contributed by atoms with Gasteiger partial charge in [0.1, 0.15) is 6.61 Å². The summed E-state index contributed by atoms with van der Waals surface area (Å²) < 4.78 is 0. The highest BCUT2D eigenvalue weighted by Gasteiger charge is 2.18. The van der Waals surface area contributed by atoms with Gasteiger partial charge in [0.25, 0.3) is 0 Å². The molecule has 0 aliphatic carbocycles. The molecule has 0 N–H and O–H groups in total. The van der Waals surface area contributed by atoms with Crippen LogP contribution in [0, 0.1) is 6.92 Å². The fourth-order valence-electron chi connectivity index (χ4n) is 2.24. The molecule has 3 rings (SSSR count). The van der Waals surface area contributed by atoms with Crippen LogP contribution in [-0.2, 0) is 11.4 Å². The molecule has 0 radical (unpaired) electrons. The Hall–Kier alpha value is -2.62. The van der Waals surface area contributed by atoms with Crippen molar-refractivity contribution >= 4 is 12.1 Å². The Morgan fingerprint density at radius 1 is 1.14 bits per heavy atom. The number of nitrogens with zero attached hydrogens (tertiary/aromatic N) is 3. The smallest absolute Gasteiger partial charge is 0.195 e. The van der Waals surface area contributed by atoms with Crippen molar-refractivity contribution in [3.63, 3.8) is 0 Å². The maximum Gasteiger partial charge on any atom is 0.195 e. The van der Waals surface area contributed by atoms with Crippen LogP contribution in [-0.4, -0.2) is 24.1 Å². The summed E-state index contributed by atoms with van der Waals surface area (Å²) in [6, 6.07) is 16.2. The molecular weight excluding hydrogens is 262 g/mol. The number of hydrazone groups is 1. The Kier molecular flexibility index (Phi) is 3.69. The normalized spacial score (nSPS) is 13.5. The average molecular weight is 279 g/mol. The van der Waals surface area contributed by atoms with E-state index in [9.17, 15) is 0 Å². The first kappa shape index (κ1) is 13.4. The van der Waals surface area contributed by atoms with Crippen LogP contribution in [0.4, 0.5) is 0 Å². The predicted octanol–water partition coefficient (Wildman–Crippen LogP) is 3.15. The van der Waals surface area contributed by atoms with E-state index in [2.05, 4.69) is 23.2 Å². The van der Waals surface area contributed by atoms with Crippen molar-refractivity contribution in [3.05, 3.63) is 70.8 Å². The number of oxime groups is 1. The van der Waals surface area contributed by atoms with Gasteiger partial charge in [0, 0.05) is 18.2 Å². The summed E-state index contributed by atoms with van der Waals surface area (Å²) in [5, 5.41) is 10.4. The molecule has 106 valence electrons. The molecule has 0 amide bonds. The number of hydrogen-bond acceptors (Lipinski definition) is 4. The molecule has 4 nitrogen and oxygen atoms in total. The van der Waals surface area contributed by atoms with Gasteiger partial charge < -0.3 is 4.84 Å². The van der Waals surface area contributed by atoms with Crippen molar-refractivity contribution in [2.24, 2.45) is 10.3 Å². The zero-order chi connectivity index (χ0) is 14.7. The maximum absolute atomic E-state index is 5.28. The molecule has 21 heavy (non-hydrogen) atoms. The fourth-order valence-corrected chi connectivity index (χ4v) is 2.24. The molecule has 1 aliphatic heterocycles. The van der Waals surface area contributed by atoms with Gasteiger partial charge in [-0.1, -0.05) is 53.7 Å². The molecular formula is C17H17N3O. The summed E-state index contributed by atoms with van der Waals surface area (Å²) in [5.74, 6) is 0.724. The Morgan fingerprint density at radius 3 is 2.76 bits per heavy atom. The third kappa shape index (κ3) is 2.79. The number of hydrogen-bond donors (Lipinski definition) is 0. The summed E-state index contributed by atoms with van der Waals surface area (Å²) in [7, 11) is 1.87. The van der Waals surface area contributed by atoms with Crippen LogP contribution >= 0.6 is 0 Å². The van der Waals surface area contributed by atoms with Crippen LogP contribution in [0.3, 0.4) is 0 Å².